The number of likely N-dealkylation sites (tertiary alicyclic amines) is 1. The van der Waals surface area contributed by atoms with Gasteiger partial charge in [-0.1, -0.05) is 18.6 Å². The summed E-state index contributed by atoms with van der Waals surface area (Å²) < 4.78 is 0. The summed E-state index contributed by atoms with van der Waals surface area (Å²) in [6.45, 7) is 3.39. The molecule has 28 heavy (non-hydrogen) atoms. The SMILES string of the molecule is O=C1CCC(N2Cc3c(CN4CC5CCCC(C4)N5)cccc3C2=O)C(=O)N1. The van der Waals surface area contributed by atoms with Gasteiger partial charge in [0.25, 0.3) is 5.91 Å². The van der Waals surface area contributed by atoms with Crippen LogP contribution >= 0.6 is 0 Å². The highest BCUT2D eigenvalue weighted by molar-refractivity contribution is 6.05. The maximum Gasteiger partial charge on any atom is 0.255 e. The molecule has 3 fully saturated rings. The van der Waals surface area contributed by atoms with Crippen LogP contribution in [0.15, 0.2) is 18.2 Å². The normalized spacial score (nSPS) is 30.4. The average Bonchev–Trinajstić information content (AvgIpc) is 2.99. The number of nitrogens with zero attached hydrogens (tertiary/aromatic N) is 2. The Hall–Kier alpha value is -2.25. The molecular formula is C21H26N4O3. The summed E-state index contributed by atoms with van der Waals surface area (Å²) in [4.78, 5) is 40.8. The highest BCUT2D eigenvalue weighted by Gasteiger charge is 2.40. The molecule has 7 nitrogen and oxygen atoms in total. The second-order valence-electron chi connectivity index (χ2n) is 8.53. The van der Waals surface area contributed by atoms with Crippen LogP contribution < -0.4 is 10.6 Å². The van der Waals surface area contributed by atoms with Crippen LogP contribution in [0.4, 0.5) is 0 Å². The Labute approximate surface area is 164 Å². The first-order valence-corrected chi connectivity index (χ1v) is 10.3. The lowest BCUT2D eigenvalue weighted by Gasteiger charge is -2.42. The molecule has 0 aliphatic carbocycles. The number of fused-ring (bicyclic) bond motifs is 3. The van der Waals surface area contributed by atoms with E-state index in [1.54, 1.807) is 4.90 Å². The first-order chi connectivity index (χ1) is 13.6. The Morgan fingerprint density at radius 1 is 1.04 bits per heavy atom. The predicted molar refractivity (Wildman–Crippen MR) is 102 cm³/mol. The maximum absolute atomic E-state index is 13.0. The lowest BCUT2D eigenvalue weighted by molar-refractivity contribution is -0.136. The van der Waals surface area contributed by atoms with E-state index in [4.69, 9.17) is 0 Å². The van der Waals surface area contributed by atoms with E-state index in [2.05, 4.69) is 21.6 Å². The standard InChI is InChI=1S/C21H26N4O3/c26-19-8-7-18(20(27)23-19)25-12-17-13(3-1-6-16(17)21(25)28)9-24-10-14-4-2-5-15(11-24)22-14/h1,3,6,14-15,18,22H,2,4-5,7-12H2,(H,23,26,27). The van der Waals surface area contributed by atoms with Crippen molar-refractivity contribution in [3.05, 3.63) is 34.9 Å². The van der Waals surface area contributed by atoms with E-state index in [0.717, 1.165) is 25.2 Å². The molecule has 3 amide bonds. The molecule has 3 unspecified atom stereocenters. The van der Waals surface area contributed by atoms with Gasteiger partial charge < -0.3 is 10.2 Å². The smallest absolute Gasteiger partial charge is 0.255 e. The second-order valence-corrected chi connectivity index (χ2v) is 8.53. The third kappa shape index (κ3) is 3.12. The summed E-state index contributed by atoms with van der Waals surface area (Å²) in [5.41, 5.74) is 2.93. The van der Waals surface area contributed by atoms with Gasteiger partial charge in [0, 0.05) is 50.2 Å². The van der Waals surface area contributed by atoms with Crippen molar-refractivity contribution < 1.29 is 14.4 Å². The summed E-state index contributed by atoms with van der Waals surface area (Å²) in [6.07, 6.45) is 4.48. The topological polar surface area (TPSA) is 81.8 Å². The molecule has 0 spiro atoms. The largest absolute Gasteiger partial charge is 0.322 e. The van der Waals surface area contributed by atoms with Gasteiger partial charge in [-0.25, -0.2) is 0 Å². The van der Waals surface area contributed by atoms with Crippen LogP contribution in [0.1, 0.15) is 53.6 Å². The van der Waals surface area contributed by atoms with E-state index in [9.17, 15) is 14.4 Å². The van der Waals surface area contributed by atoms with Crippen molar-refractivity contribution in [3.63, 3.8) is 0 Å². The van der Waals surface area contributed by atoms with Gasteiger partial charge in [0.15, 0.2) is 0 Å². The minimum atomic E-state index is -0.552. The van der Waals surface area contributed by atoms with Crippen LogP contribution in [0.2, 0.25) is 0 Å². The van der Waals surface area contributed by atoms with Crippen molar-refractivity contribution in [1.82, 2.24) is 20.4 Å². The molecule has 4 heterocycles. The minimum absolute atomic E-state index is 0.0940. The van der Waals surface area contributed by atoms with Gasteiger partial charge in [0.2, 0.25) is 11.8 Å². The van der Waals surface area contributed by atoms with Crippen molar-refractivity contribution in [1.29, 1.82) is 0 Å². The number of benzene rings is 1. The van der Waals surface area contributed by atoms with Crippen LogP contribution in [0.3, 0.4) is 0 Å². The quantitative estimate of drug-likeness (QED) is 0.755. The van der Waals surface area contributed by atoms with E-state index in [1.165, 1.54) is 24.8 Å². The van der Waals surface area contributed by atoms with Crippen LogP contribution in [-0.2, 0) is 22.7 Å². The molecule has 5 rings (SSSR count). The average molecular weight is 382 g/mol. The number of piperidine rings is 2. The molecule has 0 aromatic heterocycles. The molecule has 0 saturated carbocycles. The Kier molecular flexibility index (Phi) is 4.44. The number of imide groups is 1. The molecule has 7 heteroatoms. The summed E-state index contributed by atoms with van der Waals surface area (Å²) in [5, 5.41) is 6.08. The molecule has 3 saturated heterocycles. The number of hydrogen-bond donors (Lipinski definition) is 2. The molecule has 4 aliphatic rings. The van der Waals surface area contributed by atoms with Crippen molar-refractivity contribution in [2.45, 2.75) is 63.3 Å². The van der Waals surface area contributed by atoms with Crippen molar-refractivity contribution in [2.24, 2.45) is 0 Å². The Bertz CT molecular complexity index is 827. The molecule has 3 atom stereocenters. The lowest BCUT2D eigenvalue weighted by atomic mass is 9.93. The number of piperazine rings is 1. The van der Waals surface area contributed by atoms with Crippen LogP contribution in [0.25, 0.3) is 0 Å². The number of amides is 3. The Morgan fingerprint density at radius 2 is 1.82 bits per heavy atom. The fraction of sp³-hybridized carbons (Fsp3) is 0.571. The van der Waals surface area contributed by atoms with Gasteiger partial charge in [0.05, 0.1) is 0 Å². The number of carbonyl (C=O) groups is 3. The molecule has 4 aliphatic heterocycles. The van der Waals surface area contributed by atoms with Crippen LogP contribution in [0, 0.1) is 0 Å². The van der Waals surface area contributed by atoms with Gasteiger partial charge in [-0.2, -0.15) is 0 Å². The Balaban J connectivity index is 1.35. The highest BCUT2D eigenvalue weighted by Crippen LogP contribution is 2.31. The van der Waals surface area contributed by atoms with E-state index < -0.39 is 6.04 Å². The molecule has 148 valence electrons. The minimum Gasteiger partial charge on any atom is -0.322 e. The van der Waals surface area contributed by atoms with E-state index >= 15 is 0 Å². The Morgan fingerprint density at radius 3 is 2.57 bits per heavy atom. The maximum atomic E-state index is 13.0. The first kappa shape index (κ1) is 17.8. The van der Waals surface area contributed by atoms with Gasteiger partial charge in [-0.05, 0) is 36.5 Å². The molecule has 2 bridgehead atoms. The number of carbonyl (C=O) groups excluding carboxylic acids is 3. The summed E-state index contributed by atoms with van der Waals surface area (Å²) >= 11 is 0. The van der Waals surface area contributed by atoms with E-state index in [1.807, 2.05) is 12.1 Å². The van der Waals surface area contributed by atoms with Gasteiger partial charge in [-0.3, -0.25) is 24.6 Å². The number of hydrogen-bond acceptors (Lipinski definition) is 5. The third-order valence-corrected chi connectivity index (χ3v) is 6.61. The molecule has 2 N–H and O–H groups in total. The zero-order valence-electron chi connectivity index (χ0n) is 15.9. The second kappa shape index (κ2) is 6.97. The molecule has 1 aromatic rings. The van der Waals surface area contributed by atoms with Gasteiger partial charge in [-0.15, -0.1) is 0 Å². The fourth-order valence-corrected chi connectivity index (χ4v) is 5.26. The highest BCUT2D eigenvalue weighted by atomic mass is 16.2. The zero-order valence-corrected chi connectivity index (χ0v) is 15.9. The zero-order chi connectivity index (χ0) is 19.3. The summed E-state index contributed by atoms with van der Waals surface area (Å²) in [6, 6.07) is 6.52. The summed E-state index contributed by atoms with van der Waals surface area (Å²) in [7, 11) is 0. The van der Waals surface area contributed by atoms with E-state index in [0.29, 0.717) is 30.6 Å². The monoisotopic (exact) mass is 382 g/mol. The van der Waals surface area contributed by atoms with Gasteiger partial charge in [0.1, 0.15) is 6.04 Å². The predicted octanol–water partition coefficient (Wildman–Crippen LogP) is 0.774. The third-order valence-electron chi connectivity index (χ3n) is 6.61. The van der Waals surface area contributed by atoms with Crippen molar-refractivity contribution in [3.8, 4) is 0 Å². The van der Waals surface area contributed by atoms with Crippen LogP contribution in [-0.4, -0.2) is 58.7 Å². The fourth-order valence-electron chi connectivity index (χ4n) is 5.26. The number of rotatable bonds is 3. The van der Waals surface area contributed by atoms with Gasteiger partial charge >= 0.3 is 0 Å². The lowest BCUT2D eigenvalue weighted by Crippen LogP contribution is -2.58. The van der Waals surface area contributed by atoms with E-state index in [-0.39, 0.29) is 24.1 Å². The number of nitrogens with one attached hydrogen (secondary N) is 2. The first-order valence-electron chi connectivity index (χ1n) is 10.3. The molecule has 1 aromatic carbocycles. The van der Waals surface area contributed by atoms with Crippen molar-refractivity contribution >= 4 is 17.7 Å². The molecule has 0 radical (unpaired) electrons. The summed E-state index contributed by atoms with van der Waals surface area (Å²) in [5.74, 6) is -0.701. The van der Waals surface area contributed by atoms with Crippen LogP contribution in [0.5, 0.6) is 0 Å². The van der Waals surface area contributed by atoms with Crippen molar-refractivity contribution in [2.75, 3.05) is 13.1 Å². The molecular weight excluding hydrogens is 356 g/mol.